The number of ether oxygens (including phenoxy) is 1. The van der Waals surface area contributed by atoms with E-state index in [-0.39, 0.29) is 5.69 Å². The van der Waals surface area contributed by atoms with Gasteiger partial charge >= 0.3 is 0 Å². The van der Waals surface area contributed by atoms with Crippen molar-refractivity contribution in [2.24, 2.45) is 0 Å². The first-order valence-electron chi connectivity index (χ1n) is 4.96. The number of hydrogen-bond donors (Lipinski definition) is 0. The normalized spacial score (nSPS) is 10.7. The monoisotopic (exact) mass is 315 g/mol. The van der Waals surface area contributed by atoms with Gasteiger partial charge in [-0.25, -0.2) is 18.7 Å². The molecule has 0 atom stereocenters. The molecule has 0 bridgehead atoms. The number of halogens is 3. The highest BCUT2D eigenvalue weighted by atomic mass is 79.9. The Labute approximate surface area is 110 Å². The summed E-state index contributed by atoms with van der Waals surface area (Å²) in [6, 6.07) is 1.49. The molecule has 0 aliphatic heterocycles. The molecule has 0 spiro atoms. The van der Waals surface area contributed by atoms with Gasteiger partial charge in [-0.15, -0.1) is 0 Å². The molecule has 94 valence electrons. The Hall–Kier alpha value is -1.63. The number of hydrogen-bond acceptors (Lipinski definition) is 4. The Morgan fingerprint density at radius 3 is 2.67 bits per heavy atom. The van der Waals surface area contributed by atoms with Crippen LogP contribution >= 0.6 is 15.9 Å². The van der Waals surface area contributed by atoms with Gasteiger partial charge in [0.2, 0.25) is 5.88 Å². The largest absolute Gasteiger partial charge is 0.436 e. The molecule has 0 unspecified atom stereocenters. The highest BCUT2D eigenvalue weighted by molar-refractivity contribution is 9.10. The third-order valence-electron chi connectivity index (χ3n) is 2.15. The van der Waals surface area contributed by atoms with Gasteiger partial charge in [0.05, 0.1) is 10.7 Å². The Kier molecular flexibility index (Phi) is 3.81. The molecule has 0 N–H and O–H groups in total. The summed E-state index contributed by atoms with van der Waals surface area (Å²) >= 11 is 3.22. The molecule has 18 heavy (non-hydrogen) atoms. The molecule has 2 heterocycles. The maximum atomic E-state index is 12.5. The van der Waals surface area contributed by atoms with E-state index < -0.39 is 6.43 Å². The molecular formula is C11H8BrF2N3O. The minimum Gasteiger partial charge on any atom is -0.436 e. The predicted octanol–water partition coefficient (Wildman–Crippen LogP) is 3.67. The fraction of sp³-hybridized carbons (Fsp3) is 0.182. The first-order valence-corrected chi connectivity index (χ1v) is 5.75. The summed E-state index contributed by atoms with van der Waals surface area (Å²) in [5.41, 5.74) is 0.122. The van der Waals surface area contributed by atoms with Gasteiger partial charge < -0.3 is 4.74 Å². The minimum atomic E-state index is -2.59. The fourth-order valence-corrected chi connectivity index (χ4v) is 1.63. The van der Waals surface area contributed by atoms with E-state index in [1.54, 1.807) is 6.92 Å². The van der Waals surface area contributed by atoms with Crippen LogP contribution in [0, 0.1) is 6.92 Å². The van der Waals surface area contributed by atoms with Gasteiger partial charge in [0, 0.05) is 6.20 Å². The summed E-state index contributed by atoms with van der Waals surface area (Å²) in [4.78, 5) is 11.4. The van der Waals surface area contributed by atoms with E-state index >= 15 is 0 Å². The topological polar surface area (TPSA) is 47.9 Å². The van der Waals surface area contributed by atoms with Crippen LogP contribution in [0.4, 0.5) is 8.78 Å². The molecule has 0 radical (unpaired) electrons. The fourth-order valence-electron chi connectivity index (χ4n) is 1.33. The second kappa shape index (κ2) is 5.34. The Morgan fingerprint density at radius 2 is 2.06 bits per heavy atom. The van der Waals surface area contributed by atoms with Crippen molar-refractivity contribution in [3.8, 4) is 11.6 Å². The average Bonchev–Trinajstić information content (AvgIpc) is 2.32. The van der Waals surface area contributed by atoms with Gasteiger partial charge in [-0.3, -0.25) is 4.98 Å². The van der Waals surface area contributed by atoms with Crippen LogP contribution in [0.3, 0.4) is 0 Å². The van der Waals surface area contributed by atoms with E-state index in [9.17, 15) is 8.78 Å². The summed E-state index contributed by atoms with van der Waals surface area (Å²) in [5, 5.41) is 0. The molecule has 2 aromatic rings. The van der Waals surface area contributed by atoms with Crippen molar-refractivity contribution in [3.63, 3.8) is 0 Å². The summed E-state index contributed by atoms with van der Waals surface area (Å²) in [7, 11) is 0. The van der Waals surface area contributed by atoms with Crippen molar-refractivity contribution in [1.82, 2.24) is 15.0 Å². The first-order chi connectivity index (χ1) is 8.58. The van der Waals surface area contributed by atoms with E-state index in [2.05, 4.69) is 30.9 Å². The van der Waals surface area contributed by atoms with E-state index in [0.29, 0.717) is 21.7 Å². The molecule has 0 aliphatic carbocycles. The van der Waals surface area contributed by atoms with Crippen LogP contribution in [0.2, 0.25) is 0 Å². The maximum absolute atomic E-state index is 12.5. The quantitative estimate of drug-likeness (QED) is 0.867. The van der Waals surface area contributed by atoms with E-state index in [4.69, 9.17) is 4.74 Å². The van der Waals surface area contributed by atoms with E-state index in [1.807, 2.05) is 0 Å². The van der Waals surface area contributed by atoms with Gasteiger partial charge in [0.1, 0.15) is 17.8 Å². The highest BCUT2D eigenvalue weighted by Crippen LogP contribution is 2.28. The van der Waals surface area contributed by atoms with Crippen LogP contribution in [0.25, 0.3) is 0 Å². The van der Waals surface area contributed by atoms with Crippen molar-refractivity contribution >= 4 is 15.9 Å². The van der Waals surface area contributed by atoms with Crippen molar-refractivity contribution in [3.05, 3.63) is 40.5 Å². The lowest BCUT2D eigenvalue weighted by atomic mass is 10.2. The minimum absolute atomic E-state index is 0.246. The van der Waals surface area contributed by atoms with Gasteiger partial charge in [-0.2, -0.15) is 0 Å². The lowest BCUT2D eigenvalue weighted by Gasteiger charge is -2.08. The van der Waals surface area contributed by atoms with Crippen molar-refractivity contribution < 1.29 is 13.5 Å². The highest BCUT2D eigenvalue weighted by Gasteiger charge is 2.13. The number of nitrogens with zero attached hydrogens (tertiary/aromatic N) is 3. The number of rotatable bonds is 3. The van der Waals surface area contributed by atoms with Crippen LogP contribution in [-0.2, 0) is 0 Å². The maximum Gasteiger partial charge on any atom is 0.280 e. The van der Waals surface area contributed by atoms with Gasteiger partial charge in [-0.1, -0.05) is 0 Å². The molecule has 0 amide bonds. The molecule has 0 aromatic carbocycles. The number of aryl methyl sites for hydroxylation is 1. The second-order valence-electron chi connectivity index (χ2n) is 3.45. The molecule has 2 aromatic heterocycles. The molecule has 0 saturated carbocycles. The Balaban J connectivity index is 2.26. The zero-order valence-electron chi connectivity index (χ0n) is 9.27. The second-order valence-corrected chi connectivity index (χ2v) is 4.31. The SMILES string of the molecule is Cc1cc(Oc2ncncc2Br)cnc1C(F)F. The molecular weight excluding hydrogens is 308 g/mol. The smallest absolute Gasteiger partial charge is 0.280 e. The lowest BCUT2D eigenvalue weighted by molar-refractivity contribution is 0.145. The van der Waals surface area contributed by atoms with Gasteiger partial charge in [-0.05, 0) is 34.5 Å². The molecule has 2 rings (SSSR count). The average molecular weight is 316 g/mol. The number of alkyl halides is 2. The summed E-state index contributed by atoms with van der Waals surface area (Å²) in [6.07, 6.45) is 1.50. The van der Waals surface area contributed by atoms with Crippen LogP contribution < -0.4 is 4.74 Å². The Morgan fingerprint density at radius 1 is 1.28 bits per heavy atom. The lowest BCUT2D eigenvalue weighted by Crippen LogP contribution is -1.96. The summed E-state index contributed by atoms with van der Waals surface area (Å²) in [5.74, 6) is 0.646. The molecule has 0 saturated heterocycles. The van der Waals surface area contributed by atoms with Crippen LogP contribution in [-0.4, -0.2) is 15.0 Å². The number of pyridine rings is 1. The third kappa shape index (κ3) is 2.79. The van der Waals surface area contributed by atoms with Crippen molar-refractivity contribution in [2.45, 2.75) is 13.3 Å². The van der Waals surface area contributed by atoms with Crippen molar-refractivity contribution in [1.29, 1.82) is 0 Å². The van der Waals surface area contributed by atoms with Gasteiger partial charge in [0.15, 0.2) is 0 Å². The van der Waals surface area contributed by atoms with Crippen molar-refractivity contribution in [2.75, 3.05) is 0 Å². The molecule has 4 nitrogen and oxygen atoms in total. The van der Waals surface area contributed by atoms with E-state index in [0.717, 1.165) is 0 Å². The molecule has 7 heteroatoms. The van der Waals surface area contributed by atoms with Crippen LogP contribution in [0.5, 0.6) is 11.6 Å². The van der Waals surface area contributed by atoms with E-state index in [1.165, 1.54) is 24.8 Å². The summed E-state index contributed by atoms with van der Waals surface area (Å²) in [6.45, 7) is 1.55. The Bertz CT molecular complexity index is 566. The van der Waals surface area contributed by atoms with Crippen LogP contribution in [0.15, 0.2) is 29.3 Å². The number of aromatic nitrogens is 3. The zero-order chi connectivity index (χ0) is 13.1. The zero-order valence-corrected chi connectivity index (χ0v) is 10.9. The molecule has 0 aliphatic rings. The predicted molar refractivity (Wildman–Crippen MR) is 63.7 cm³/mol. The molecule has 0 fully saturated rings. The first kappa shape index (κ1) is 12.8. The summed E-state index contributed by atoms with van der Waals surface area (Å²) < 4.78 is 31.0. The van der Waals surface area contributed by atoms with Gasteiger partial charge in [0.25, 0.3) is 6.43 Å². The standard InChI is InChI=1S/C11H8BrF2N3O/c1-6-2-7(3-16-9(6)10(13)14)18-11-8(12)4-15-5-17-11/h2-5,10H,1H3. The third-order valence-corrected chi connectivity index (χ3v) is 2.69. The van der Waals surface area contributed by atoms with Crippen LogP contribution in [0.1, 0.15) is 17.7 Å².